The minimum absolute atomic E-state index is 1.24. The Labute approximate surface area is 326 Å². The number of hydrogen-bond donors (Lipinski definition) is 0. The molecular weight excluding hydrogens is 639 g/mol. The van der Waals surface area contributed by atoms with Crippen molar-refractivity contribution in [2.45, 2.75) is 0 Å². The maximum atomic E-state index is 2.44. The molecule has 8 heteroatoms. The largest absolute Gasteiger partial charge is 0.139 e. The molecule has 0 fully saturated rings. The summed E-state index contributed by atoms with van der Waals surface area (Å²) in [6.07, 6.45) is 0. The average molecular weight is 677 g/mol. The van der Waals surface area contributed by atoms with Crippen LogP contribution in [0.3, 0.4) is 0 Å². The van der Waals surface area contributed by atoms with Gasteiger partial charge in [-0.05, 0) is 99.7 Å². The summed E-state index contributed by atoms with van der Waals surface area (Å²) in [6.45, 7) is 0. The zero-order valence-electron chi connectivity index (χ0n) is 32.7. The molecule has 0 saturated heterocycles. The van der Waals surface area contributed by atoms with Gasteiger partial charge >= 0.3 is 0 Å². The molecule has 0 N–H and O–H groups in total. The summed E-state index contributed by atoms with van der Waals surface area (Å²) in [7, 11) is 18.7. The van der Waals surface area contributed by atoms with Gasteiger partial charge in [-0.25, -0.2) is 0 Å². The first kappa shape index (κ1) is 34.3. The highest BCUT2D eigenvalue weighted by atomic mass is 14.3. The molecule has 54 heavy (non-hydrogen) atoms. The van der Waals surface area contributed by atoms with Gasteiger partial charge in [-0.1, -0.05) is 143 Å². The Bertz CT molecular complexity index is 2940. The van der Waals surface area contributed by atoms with Crippen LogP contribution in [0.2, 0.25) is 0 Å². The second-order valence-electron chi connectivity index (χ2n) is 15.5. The summed E-state index contributed by atoms with van der Waals surface area (Å²) in [4.78, 5) is 0. The van der Waals surface area contributed by atoms with Gasteiger partial charge in [0.25, 0.3) is 0 Å². The third-order valence-corrected chi connectivity index (χ3v) is 12.9. The number of fused-ring (bicyclic) bond motifs is 4. The van der Waals surface area contributed by atoms with E-state index in [0.717, 1.165) is 0 Å². The Kier molecular flexibility index (Phi) is 8.35. The van der Waals surface area contributed by atoms with Crippen molar-refractivity contribution in [3.63, 3.8) is 0 Å². The Morgan fingerprint density at radius 2 is 0.704 bits per heavy atom. The summed E-state index contributed by atoms with van der Waals surface area (Å²) >= 11 is 0. The van der Waals surface area contributed by atoms with Crippen LogP contribution in [-0.2, 0) is 0 Å². The monoisotopic (exact) mass is 678 g/mol. The molecule has 0 bridgehead atoms. The zero-order chi connectivity index (χ0) is 37.4. The van der Waals surface area contributed by atoms with Crippen LogP contribution in [0.4, 0.5) is 0 Å². The lowest BCUT2D eigenvalue weighted by Crippen LogP contribution is -2.50. The Morgan fingerprint density at radius 3 is 1.31 bits per heavy atom. The van der Waals surface area contributed by atoms with Crippen LogP contribution in [0.15, 0.2) is 133 Å². The summed E-state index contributed by atoms with van der Waals surface area (Å²) in [6, 6.07) is 49.5. The van der Waals surface area contributed by atoms with Crippen LogP contribution in [0.5, 0.6) is 0 Å². The van der Waals surface area contributed by atoms with Crippen molar-refractivity contribution in [2.24, 2.45) is 0 Å². The fraction of sp³-hybridized carbons (Fsp3) is 0. The molecule has 0 nitrogen and oxygen atoms in total. The van der Waals surface area contributed by atoms with Crippen LogP contribution in [0, 0.1) is 0 Å². The maximum absolute atomic E-state index is 2.44. The highest BCUT2D eigenvalue weighted by Gasteiger charge is 2.26. The van der Waals surface area contributed by atoms with Crippen molar-refractivity contribution < 1.29 is 0 Å². The first-order valence-electron chi connectivity index (χ1n) is 19.3. The van der Waals surface area contributed by atoms with Crippen LogP contribution in [-0.4, -0.2) is 62.8 Å². The SMILES string of the molecule is Bc1c(B)c(B)c2c(-c3ccc(-c4ccccc4)c4ccccc34)c3c(B)c(B)c(B)c(B)c3c(-c3cccc(-c4ccc5ccccc5c4)c3)c2c1B. The molecule has 0 aliphatic heterocycles. The number of rotatable bonds is 4. The predicted octanol–water partition coefficient (Wildman–Crippen LogP) is -0.965. The Hall–Kier alpha value is -5.46. The quantitative estimate of drug-likeness (QED) is 0.167. The van der Waals surface area contributed by atoms with E-state index in [9.17, 15) is 0 Å². The molecule has 0 heterocycles. The summed E-state index contributed by atoms with van der Waals surface area (Å²) in [5, 5.41) is 10.6. The first-order chi connectivity index (χ1) is 26.2. The molecule has 0 unspecified atom stereocenters. The molecular formula is C46H38B8. The molecule has 0 aromatic heterocycles. The van der Waals surface area contributed by atoms with E-state index >= 15 is 0 Å². The van der Waals surface area contributed by atoms with E-state index in [1.54, 1.807) is 0 Å². The minimum atomic E-state index is 1.24. The van der Waals surface area contributed by atoms with Crippen molar-refractivity contribution in [3.8, 4) is 44.5 Å². The third-order valence-electron chi connectivity index (χ3n) is 12.9. The van der Waals surface area contributed by atoms with Crippen molar-refractivity contribution in [3.05, 3.63) is 133 Å². The van der Waals surface area contributed by atoms with Crippen molar-refractivity contribution in [1.82, 2.24) is 0 Å². The van der Waals surface area contributed by atoms with Crippen LogP contribution < -0.4 is 43.7 Å². The van der Waals surface area contributed by atoms with Gasteiger partial charge in [0.05, 0.1) is 0 Å². The van der Waals surface area contributed by atoms with Crippen molar-refractivity contribution >= 4 is 150 Å². The zero-order valence-corrected chi connectivity index (χ0v) is 32.7. The van der Waals surface area contributed by atoms with Gasteiger partial charge in [0.1, 0.15) is 62.8 Å². The first-order valence-corrected chi connectivity index (χ1v) is 19.3. The third kappa shape index (κ3) is 5.18. The summed E-state index contributed by atoms with van der Waals surface area (Å²) in [5.74, 6) is 0. The lowest BCUT2D eigenvalue weighted by molar-refractivity contribution is 1.63. The van der Waals surface area contributed by atoms with Gasteiger partial charge in [0.15, 0.2) is 0 Å². The van der Waals surface area contributed by atoms with Gasteiger partial charge in [-0.3, -0.25) is 0 Å². The molecule has 9 rings (SSSR count). The molecule has 0 amide bonds. The molecule has 0 radical (unpaired) electrons. The van der Waals surface area contributed by atoms with E-state index in [2.05, 4.69) is 196 Å². The van der Waals surface area contributed by atoms with Crippen molar-refractivity contribution in [1.29, 1.82) is 0 Å². The van der Waals surface area contributed by atoms with E-state index in [1.807, 2.05) is 0 Å². The fourth-order valence-electron chi connectivity index (χ4n) is 9.29. The molecule has 0 atom stereocenters. The molecule has 0 spiro atoms. The number of hydrogen-bond acceptors (Lipinski definition) is 0. The van der Waals surface area contributed by atoms with Crippen LogP contribution in [0.25, 0.3) is 87.6 Å². The highest BCUT2D eigenvalue weighted by molar-refractivity contribution is 6.71. The molecule has 0 saturated carbocycles. The average Bonchev–Trinajstić information content (AvgIpc) is 3.22. The predicted molar refractivity (Wildman–Crippen MR) is 264 cm³/mol. The Morgan fingerprint density at radius 1 is 0.259 bits per heavy atom. The molecule has 0 aliphatic rings. The van der Waals surface area contributed by atoms with E-state index in [-0.39, 0.29) is 0 Å². The summed E-state index contributed by atoms with van der Waals surface area (Å²) in [5.41, 5.74) is 21.2. The van der Waals surface area contributed by atoms with Gasteiger partial charge in [-0.2, -0.15) is 0 Å². The van der Waals surface area contributed by atoms with Gasteiger partial charge in [0, 0.05) is 0 Å². The lowest BCUT2D eigenvalue weighted by Gasteiger charge is -2.28. The van der Waals surface area contributed by atoms with E-state index in [0.29, 0.717) is 0 Å². The molecule has 0 aliphatic carbocycles. The van der Waals surface area contributed by atoms with Gasteiger partial charge < -0.3 is 0 Å². The fourth-order valence-corrected chi connectivity index (χ4v) is 9.29. The molecule has 9 aromatic carbocycles. The highest BCUT2D eigenvalue weighted by Crippen LogP contribution is 2.44. The minimum Gasteiger partial charge on any atom is -0.101 e. The van der Waals surface area contributed by atoms with Gasteiger partial charge in [0.2, 0.25) is 0 Å². The smallest absolute Gasteiger partial charge is 0.101 e. The molecule has 246 valence electrons. The van der Waals surface area contributed by atoms with E-state index in [4.69, 9.17) is 0 Å². The topological polar surface area (TPSA) is 0 Å². The second kappa shape index (κ2) is 13.1. The van der Waals surface area contributed by atoms with Crippen LogP contribution >= 0.6 is 0 Å². The second-order valence-corrected chi connectivity index (χ2v) is 15.5. The van der Waals surface area contributed by atoms with Crippen LogP contribution in [0.1, 0.15) is 0 Å². The standard InChI is InChI=1S/C46H38B8/c47-39-35-33(28-14-8-13-26(22-28)27-18-17-23-9-4-5-12-25(23)21-27)36-38(42(50)46(54)44(52)40(36)48)34(37(35)41(49)45(53)43(39)51)32-20-19-29(24-10-2-1-3-11-24)30-15-6-7-16-31(30)32/h1-22H,47-54H2. The lowest BCUT2D eigenvalue weighted by atomic mass is 9.59. The normalized spacial score (nSPS) is 11.6. The maximum Gasteiger partial charge on any atom is 0.139 e. The van der Waals surface area contributed by atoms with Crippen molar-refractivity contribution in [2.75, 3.05) is 0 Å². The number of benzene rings is 9. The molecule has 9 aromatic rings. The van der Waals surface area contributed by atoms with E-state index < -0.39 is 0 Å². The van der Waals surface area contributed by atoms with Gasteiger partial charge in [-0.15, -0.1) is 21.9 Å². The summed E-state index contributed by atoms with van der Waals surface area (Å²) < 4.78 is 0. The van der Waals surface area contributed by atoms with E-state index in [1.165, 1.54) is 131 Å². The Balaban J connectivity index is 1.47.